The van der Waals surface area contributed by atoms with Gasteiger partial charge in [-0.05, 0) is 30.3 Å². The fourth-order valence-electron chi connectivity index (χ4n) is 1.78. The third-order valence-electron chi connectivity index (χ3n) is 2.74. The molecule has 1 amide bonds. The van der Waals surface area contributed by atoms with Gasteiger partial charge >= 0.3 is 0 Å². The van der Waals surface area contributed by atoms with Crippen molar-refractivity contribution >= 4 is 32.6 Å². The van der Waals surface area contributed by atoms with E-state index in [1.165, 1.54) is 12.1 Å². The molecule has 3 aromatic rings. The van der Waals surface area contributed by atoms with Gasteiger partial charge in [0.25, 0.3) is 5.91 Å². The van der Waals surface area contributed by atoms with Crippen molar-refractivity contribution in [1.29, 1.82) is 0 Å². The van der Waals surface area contributed by atoms with Crippen molar-refractivity contribution in [2.24, 2.45) is 0 Å². The van der Waals surface area contributed by atoms with Crippen LogP contribution in [-0.4, -0.2) is 10.9 Å². The van der Waals surface area contributed by atoms with Crippen molar-refractivity contribution in [3.05, 3.63) is 59.4 Å². The molecule has 3 rings (SSSR count). The molecule has 0 aliphatic heterocycles. The lowest BCUT2D eigenvalue weighted by atomic mass is 10.2. The number of carbonyl (C=O) groups is 1. The lowest BCUT2D eigenvalue weighted by molar-refractivity contribution is 0.102. The minimum absolute atomic E-state index is 0.00388. The number of nitrogens with one attached hydrogen (secondary N) is 1. The lowest BCUT2D eigenvalue weighted by Crippen LogP contribution is -2.11. The number of benzene rings is 2. The number of halogens is 3. The average Bonchev–Trinajstić information content (AvgIpc) is 2.82. The number of carbonyl (C=O) groups excluding carboxylic acids is 1. The van der Waals surface area contributed by atoms with Crippen LogP contribution < -0.4 is 5.32 Å². The molecule has 1 N–H and O–H groups in total. The van der Waals surface area contributed by atoms with E-state index in [1.807, 2.05) is 0 Å². The predicted molar refractivity (Wildman–Crippen MR) is 73.9 cm³/mol. The van der Waals surface area contributed by atoms with Crippen molar-refractivity contribution in [1.82, 2.24) is 4.98 Å². The van der Waals surface area contributed by atoms with Gasteiger partial charge in [-0.3, -0.25) is 10.1 Å². The van der Waals surface area contributed by atoms with E-state index < -0.39 is 23.4 Å². The van der Waals surface area contributed by atoms with Crippen molar-refractivity contribution < 1.29 is 18.0 Å². The Hall–Kier alpha value is -2.41. The molecule has 7 heteroatoms. The lowest BCUT2D eigenvalue weighted by Gasteiger charge is -2.00. The van der Waals surface area contributed by atoms with Crippen molar-refractivity contribution in [3.63, 3.8) is 0 Å². The van der Waals surface area contributed by atoms with Crippen LogP contribution in [0.3, 0.4) is 0 Å². The Morgan fingerprint density at radius 2 is 1.76 bits per heavy atom. The summed E-state index contributed by atoms with van der Waals surface area (Å²) in [7, 11) is 0. The highest BCUT2D eigenvalue weighted by Gasteiger charge is 2.13. The van der Waals surface area contributed by atoms with Gasteiger partial charge in [-0.1, -0.05) is 11.3 Å². The molecular weight excluding hydrogens is 301 g/mol. The summed E-state index contributed by atoms with van der Waals surface area (Å²) in [4.78, 5) is 15.8. The van der Waals surface area contributed by atoms with E-state index >= 15 is 0 Å². The van der Waals surface area contributed by atoms with Gasteiger partial charge in [-0.15, -0.1) is 0 Å². The number of aromatic nitrogens is 1. The molecule has 0 unspecified atom stereocenters. The maximum absolute atomic E-state index is 13.5. The SMILES string of the molecule is O=C(Nc1nc2c(F)cc(F)cc2s1)c1ccc(F)cc1. The molecule has 0 aliphatic rings. The first-order valence-electron chi connectivity index (χ1n) is 5.85. The highest BCUT2D eigenvalue weighted by molar-refractivity contribution is 7.22. The smallest absolute Gasteiger partial charge is 0.257 e. The Morgan fingerprint density at radius 1 is 1.05 bits per heavy atom. The average molecular weight is 308 g/mol. The Labute approximate surface area is 121 Å². The van der Waals surface area contributed by atoms with E-state index in [2.05, 4.69) is 10.3 Å². The molecule has 0 fully saturated rings. The number of hydrogen-bond acceptors (Lipinski definition) is 3. The second kappa shape index (κ2) is 5.17. The first-order chi connectivity index (χ1) is 10.0. The van der Waals surface area contributed by atoms with Crippen LogP contribution in [0.5, 0.6) is 0 Å². The van der Waals surface area contributed by atoms with E-state index in [-0.39, 0.29) is 16.2 Å². The summed E-state index contributed by atoms with van der Waals surface area (Å²) < 4.78 is 39.7. The summed E-state index contributed by atoms with van der Waals surface area (Å²) in [5.74, 6) is -2.46. The van der Waals surface area contributed by atoms with Crippen LogP contribution in [0.1, 0.15) is 10.4 Å². The summed E-state index contributed by atoms with van der Waals surface area (Å²) in [5.41, 5.74) is 0.234. The molecule has 1 heterocycles. The highest BCUT2D eigenvalue weighted by Crippen LogP contribution is 2.28. The molecule has 0 spiro atoms. The molecular formula is C14H7F3N2OS. The number of amides is 1. The molecule has 106 valence electrons. The standard InChI is InChI=1S/C14H7F3N2OS/c15-8-3-1-7(2-4-8)13(20)19-14-18-12-10(17)5-9(16)6-11(12)21-14/h1-6H,(H,18,19,20). The zero-order valence-electron chi connectivity index (χ0n) is 10.4. The van der Waals surface area contributed by atoms with E-state index in [0.717, 1.165) is 35.6 Å². The van der Waals surface area contributed by atoms with Gasteiger partial charge in [0.2, 0.25) is 0 Å². The van der Waals surface area contributed by atoms with Crippen LogP contribution in [0, 0.1) is 17.5 Å². The van der Waals surface area contributed by atoms with Gasteiger partial charge in [-0.25, -0.2) is 18.2 Å². The molecule has 0 aliphatic carbocycles. The van der Waals surface area contributed by atoms with Gasteiger partial charge in [0.15, 0.2) is 10.9 Å². The van der Waals surface area contributed by atoms with Crippen LogP contribution in [0.15, 0.2) is 36.4 Å². The number of nitrogens with zero attached hydrogens (tertiary/aromatic N) is 1. The number of hydrogen-bond donors (Lipinski definition) is 1. The Kier molecular flexibility index (Phi) is 3.34. The third-order valence-corrected chi connectivity index (χ3v) is 3.66. The third kappa shape index (κ3) is 2.73. The number of thiazole rings is 1. The van der Waals surface area contributed by atoms with E-state index in [9.17, 15) is 18.0 Å². The first-order valence-corrected chi connectivity index (χ1v) is 6.67. The van der Waals surface area contributed by atoms with Gasteiger partial charge in [-0.2, -0.15) is 0 Å². The monoisotopic (exact) mass is 308 g/mol. The fourth-order valence-corrected chi connectivity index (χ4v) is 2.68. The van der Waals surface area contributed by atoms with Crippen molar-refractivity contribution in [2.75, 3.05) is 5.32 Å². The summed E-state index contributed by atoms with van der Waals surface area (Å²) in [6, 6.07) is 6.82. The van der Waals surface area contributed by atoms with Crippen molar-refractivity contribution in [2.45, 2.75) is 0 Å². The number of rotatable bonds is 2. The number of anilines is 1. The van der Waals surface area contributed by atoms with Gasteiger partial charge in [0.1, 0.15) is 17.2 Å². The van der Waals surface area contributed by atoms with Crippen LogP contribution in [0.25, 0.3) is 10.2 Å². The molecule has 3 nitrogen and oxygen atoms in total. The van der Waals surface area contributed by atoms with Crippen LogP contribution >= 0.6 is 11.3 Å². The number of fused-ring (bicyclic) bond motifs is 1. The molecule has 2 aromatic carbocycles. The first kappa shape index (κ1) is 13.6. The predicted octanol–water partition coefficient (Wildman–Crippen LogP) is 3.97. The molecule has 0 radical (unpaired) electrons. The Morgan fingerprint density at radius 3 is 2.48 bits per heavy atom. The van der Waals surface area contributed by atoms with Crippen molar-refractivity contribution in [3.8, 4) is 0 Å². The zero-order valence-corrected chi connectivity index (χ0v) is 11.2. The summed E-state index contributed by atoms with van der Waals surface area (Å²) in [5, 5.41) is 2.61. The maximum atomic E-state index is 13.5. The second-order valence-electron chi connectivity index (χ2n) is 4.21. The molecule has 0 saturated heterocycles. The summed E-state index contributed by atoms with van der Waals surface area (Å²) in [6.07, 6.45) is 0. The Balaban J connectivity index is 1.89. The largest absolute Gasteiger partial charge is 0.298 e. The van der Waals surface area contributed by atoms with Crippen LogP contribution in [-0.2, 0) is 0 Å². The van der Waals surface area contributed by atoms with E-state index in [0.29, 0.717) is 4.70 Å². The molecule has 1 aromatic heterocycles. The van der Waals surface area contributed by atoms with Crippen LogP contribution in [0.4, 0.5) is 18.3 Å². The molecule has 0 bridgehead atoms. The minimum Gasteiger partial charge on any atom is -0.298 e. The zero-order chi connectivity index (χ0) is 15.0. The topological polar surface area (TPSA) is 42.0 Å². The van der Waals surface area contributed by atoms with E-state index in [1.54, 1.807) is 0 Å². The molecule has 21 heavy (non-hydrogen) atoms. The summed E-state index contributed by atoms with van der Waals surface area (Å²) in [6.45, 7) is 0. The van der Waals surface area contributed by atoms with Gasteiger partial charge < -0.3 is 0 Å². The fraction of sp³-hybridized carbons (Fsp3) is 0. The Bertz CT molecular complexity index is 830. The molecule has 0 atom stereocenters. The van der Waals surface area contributed by atoms with Gasteiger partial charge in [0.05, 0.1) is 4.70 Å². The normalized spacial score (nSPS) is 10.8. The second-order valence-corrected chi connectivity index (χ2v) is 5.25. The maximum Gasteiger partial charge on any atom is 0.257 e. The summed E-state index contributed by atoms with van der Waals surface area (Å²) >= 11 is 0.955. The highest BCUT2D eigenvalue weighted by atomic mass is 32.1. The van der Waals surface area contributed by atoms with Gasteiger partial charge in [0, 0.05) is 11.6 Å². The quantitative estimate of drug-likeness (QED) is 0.778. The van der Waals surface area contributed by atoms with Crippen LogP contribution in [0.2, 0.25) is 0 Å². The molecule has 0 saturated carbocycles. The van der Waals surface area contributed by atoms with E-state index in [4.69, 9.17) is 0 Å². The minimum atomic E-state index is -0.788.